The van der Waals surface area contributed by atoms with Gasteiger partial charge in [-0.15, -0.1) is 0 Å². The quantitative estimate of drug-likeness (QED) is 0.531. The Morgan fingerprint density at radius 1 is 1.21 bits per heavy atom. The number of piperidine rings is 1. The Bertz CT molecular complexity index is 774. The second-order valence-electron chi connectivity index (χ2n) is 8.11. The summed E-state index contributed by atoms with van der Waals surface area (Å²) in [5.74, 6) is 0.366. The minimum Gasteiger partial charge on any atom is -0.444 e. The molecule has 0 N–H and O–H groups in total. The van der Waals surface area contributed by atoms with Crippen LogP contribution in [0.2, 0.25) is 0 Å². The Morgan fingerprint density at radius 2 is 1.82 bits per heavy atom. The Hall–Kier alpha value is -2.09. The number of rotatable bonds is 6. The average molecular weight is 411 g/mol. The highest BCUT2D eigenvalue weighted by Crippen LogP contribution is 2.20. The molecule has 0 bridgehead atoms. The fourth-order valence-electron chi connectivity index (χ4n) is 2.83. The van der Waals surface area contributed by atoms with E-state index in [4.69, 9.17) is 9.57 Å². The van der Waals surface area contributed by atoms with E-state index in [9.17, 15) is 13.2 Å². The number of oxime groups is 1. The van der Waals surface area contributed by atoms with E-state index in [0.717, 1.165) is 18.4 Å². The number of nitrogens with zero attached hydrogens (tertiary/aromatic N) is 2. The number of carbonyl (C=O) groups is 1. The lowest BCUT2D eigenvalue weighted by Crippen LogP contribution is -2.42. The van der Waals surface area contributed by atoms with E-state index in [1.807, 2.05) is 20.8 Å². The Morgan fingerprint density at radius 3 is 2.36 bits per heavy atom. The first kappa shape index (κ1) is 22.2. The van der Waals surface area contributed by atoms with Crippen molar-refractivity contribution >= 4 is 22.1 Å². The van der Waals surface area contributed by atoms with E-state index >= 15 is 0 Å². The van der Waals surface area contributed by atoms with Crippen LogP contribution in [0.15, 0.2) is 34.3 Å². The Balaban J connectivity index is 1.67. The third kappa shape index (κ3) is 7.50. The monoisotopic (exact) mass is 410 g/mol. The van der Waals surface area contributed by atoms with E-state index in [0.29, 0.717) is 36.9 Å². The number of sulfone groups is 1. The summed E-state index contributed by atoms with van der Waals surface area (Å²) in [5.41, 5.74) is 0.488. The zero-order valence-corrected chi connectivity index (χ0v) is 17.9. The van der Waals surface area contributed by atoms with Gasteiger partial charge < -0.3 is 14.5 Å². The van der Waals surface area contributed by atoms with Gasteiger partial charge >= 0.3 is 6.09 Å². The van der Waals surface area contributed by atoms with Crippen LogP contribution < -0.4 is 0 Å². The van der Waals surface area contributed by atoms with Crippen LogP contribution in [0, 0.1) is 5.92 Å². The molecule has 28 heavy (non-hydrogen) atoms. The third-order valence-corrected chi connectivity index (χ3v) is 5.53. The molecule has 1 aromatic rings. The maximum atomic E-state index is 12.0. The van der Waals surface area contributed by atoms with Gasteiger partial charge in [-0.3, -0.25) is 0 Å². The molecule has 1 fully saturated rings. The molecule has 7 nitrogen and oxygen atoms in total. The van der Waals surface area contributed by atoms with Gasteiger partial charge in [0.2, 0.25) is 0 Å². The SMILES string of the molecule is CC(C)(C)OC(=O)N1CCC(CON=CCc2ccc(S(C)(=O)=O)cc2)CC1. The summed E-state index contributed by atoms with van der Waals surface area (Å²) in [6.07, 6.45) is 4.90. The lowest BCUT2D eigenvalue weighted by Gasteiger charge is -2.32. The van der Waals surface area contributed by atoms with Gasteiger partial charge in [-0.2, -0.15) is 0 Å². The number of benzene rings is 1. The molecule has 0 spiro atoms. The highest BCUT2D eigenvalue weighted by Gasteiger charge is 2.27. The zero-order chi connectivity index (χ0) is 20.8. The predicted octanol–water partition coefficient (Wildman–Crippen LogP) is 3.28. The molecule has 0 aromatic heterocycles. The van der Waals surface area contributed by atoms with E-state index in [1.165, 1.54) is 6.26 Å². The highest BCUT2D eigenvalue weighted by molar-refractivity contribution is 7.90. The number of hydrogen-bond donors (Lipinski definition) is 0. The van der Waals surface area contributed by atoms with E-state index in [2.05, 4.69) is 5.16 Å². The fourth-order valence-corrected chi connectivity index (χ4v) is 3.46. The van der Waals surface area contributed by atoms with Crippen molar-refractivity contribution in [3.05, 3.63) is 29.8 Å². The molecule has 8 heteroatoms. The lowest BCUT2D eigenvalue weighted by molar-refractivity contribution is 0.0122. The second-order valence-corrected chi connectivity index (χ2v) is 10.1. The molecule has 1 aliphatic heterocycles. The number of carbonyl (C=O) groups excluding carboxylic acids is 1. The third-order valence-electron chi connectivity index (χ3n) is 4.40. The van der Waals surface area contributed by atoms with Gasteiger partial charge in [-0.05, 0) is 57.2 Å². The molecule has 0 saturated carbocycles. The fraction of sp³-hybridized carbons (Fsp3) is 0.600. The van der Waals surface area contributed by atoms with Crippen LogP contribution in [0.3, 0.4) is 0 Å². The molecule has 0 atom stereocenters. The first-order valence-corrected chi connectivity index (χ1v) is 11.3. The molecule has 0 aliphatic carbocycles. The first-order chi connectivity index (χ1) is 13.0. The van der Waals surface area contributed by atoms with Crippen molar-refractivity contribution in [2.45, 2.75) is 50.5 Å². The van der Waals surface area contributed by atoms with Crippen LogP contribution in [-0.4, -0.2) is 57.2 Å². The molecule has 2 rings (SSSR count). The summed E-state index contributed by atoms with van der Waals surface area (Å²) in [5, 5.41) is 3.99. The maximum Gasteiger partial charge on any atom is 0.410 e. The minimum atomic E-state index is -3.17. The van der Waals surface area contributed by atoms with Gasteiger partial charge in [0, 0.05) is 32.0 Å². The molecule has 1 heterocycles. The summed E-state index contributed by atoms with van der Waals surface area (Å²) in [4.78, 5) is 19.5. The van der Waals surface area contributed by atoms with Crippen molar-refractivity contribution in [3.63, 3.8) is 0 Å². The Kier molecular flexibility index (Phi) is 7.46. The van der Waals surface area contributed by atoms with Crippen LogP contribution in [0.5, 0.6) is 0 Å². The van der Waals surface area contributed by atoms with Gasteiger partial charge in [0.25, 0.3) is 0 Å². The molecule has 0 radical (unpaired) electrons. The lowest BCUT2D eigenvalue weighted by atomic mass is 9.98. The van der Waals surface area contributed by atoms with Crippen molar-refractivity contribution in [2.24, 2.45) is 11.1 Å². The van der Waals surface area contributed by atoms with Gasteiger partial charge in [0.15, 0.2) is 9.84 Å². The van der Waals surface area contributed by atoms with Gasteiger partial charge in [-0.1, -0.05) is 17.3 Å². The number of amides is 1. The second kappa shape index (κ2) is 9.41. The average Bonchev–Trinajstić information content (AvgIpc) is 2.60. The summed E-state index contributed by atoms with van der Waals surface area (Å²) < 4.78 is 28.3. The molecule has 1 aromatic carbocycles. The first-order valence-electron chi connectivity index (χ1n) is 9.45. The Labute approximate surface area is 167 Å². The number of ether oxygens (including phenoxy) is 1. The molecule has 156 valence electrons. The standard InChI is InChI=1S/C20H30N2O5S/c1-20(2,3)27-19(23)22-13-10-17(11-14-22)15-26-21-12-9-16-5-7-18(8-6-16)28(4,24)25/h5-8,12,17H,9-11,13-15H2,1-4H3. The van der Waals surface area contributed by atoms with E-state index < -0.39 is 15.4 Å². The summed E-state index contributed by atoms with van der Waals surface area (Å²) >= 11 is 0. The van der Waals surface area contributed by atoms with Crippen LogP contribution in [0.25, 0.3) is 0 Å². The van der Waals surface area contributed by atoms with Crippen molar-refractivity contribution in [1.29, 1.82) is 0 Å². The summed E-state index contributed by atoms with van der Waals surface area (Å²) in [6, 6.07) is 6.74. The maximum absolute atomic E-state index is 12.0. The van der Waals surface area contributed by atoms with E-state index in [-0.39, 0.29) is 6.09 Å². The van der Waals surface area contributed by atoms with Crippen molar-refractivity contribution in [3.8, 4) is 0 Å². The van der Waals surface area contributed by atoms with Gasteiger partial charge in [0.1, 0.15) is 12.2 Å². The normalized spacial score (nSPS) is 16.4. The predicted molar refractivity (Wildman–Crippen MR) is 108 cm³/mol. The van der Waals surface area contributed by atoms with Crippen LogP contribution in [-0.2, 0) is 25.8 Å². The summed E-state index contributed by atoms with van der Waals surface area (Å²) in [6.45, 7) is 7.45. The topological polar surface area (TPSA) is 85.3 Å². The van der Waals surface area contributed by atoms with Gasteiger partial charge in [-0.25, -0.2) is 13.2 Å². The largest absolute Gasteiger partial charge is 0.444 e. The molecule has 0 unspecified atom stereocenters. The molecule has 1 aliphatic rings. The molecule has 1 saturated heterocycles. The highest BCUT2D eigenvalue weighted by atomic mass is 32.2. The number of likely N-dealkylation sites (tertiary alicyclic amines) is 1. The molecule has 1 amide bonds. The van der Waals surface area contributed by atoms with Crippen LogP contribution in [0.1, 0.15) is 39.2 Å². The van der Waals surface area contributed by atoms with Crippen LogP contribution >= 0.6 is 0 Å². The molecular weight excluding hydrogens is 380 g/mol. The summed E-state index contributed by atoms with van der Waals surface area (Å²) in [7, 11) is -3.17. The van der Waals surface area contributed by atoms with Gasteiger partial charge in [0.05, 0.1) is 4.90 Å². The van der Waals surface area contributed by atoms with Crippen LogP contribution in [0.4, 0.5) is 4.79 Å². The van der Waals surface area contributed by atoms with Crippen molar-refractivity contribution < 1.29 is 22.8 Å². The van der Waals surface area contributed by atoms with E-state index in [1.54, 1.807) is 35.4 Å². The minimum absolute atomic E-state index is 0.258. The zero-order valence-electron chi connectivity index (χ0n) is 17.1. The van der Waals surface area contributed by atoms with Crippen molar-refractivity contribution in [1.82, 2.24) is 4.90 Å². The van der Waals surface area contributed by atoms with Crippen molar-refractivity contribution in [2.75, 3.05) is 26.0 Å². The molecular formula is C20H30N2O5S. The smallest absolute Gasteiger partial charge is 0.410 e. The number of hydrogen-bond acceptors (Lipinski definition) is 6.